The van der Waals surface area contributed by atoms with Crippen LogP contribution in [0.3, 0.4) is 0 Å². The molecule has 0 aliphatic carbocycles. The monoisotopic (exact) mass is 372 g/mol. The van der Waals surface area contributed by atoms with Crippen molar-refractivity contribution < 1.29 is 9.84 Å². The number of likely N-dealkylation sites (tertiary alicyclic amines) is 1. The molecular weight excluding hydrogens is 348 g/mol. The summed E-state index contributed by atoms with van der Waals surface area (Å²) in [6.07, 6.45) is 4.39. The number of methoxy groups -OCH3 is 1. The van der Waals surface area contributed by atoms with Crippen LogP contribution >= 0.6 is 11.3 Å². The number of hydrogen-bond donors (Lipinski definition) is 1. The molecule has 1 aromatic carbocycles. The van der Waals surface area contributed by atoms with Crippen molar-refractivity contribution in [1.82, 2.24) is 19.5 Å². The highest BCUT2D eigenvalue weighted by molar-refractivity contribution is 7.17. The van der Waals surface area contributed by atoms with Crippen LogP contribution in [0.4, 0.5) is 0 Å². The molecule has 26 heavy (non-hydrogen) atoms. The zero-order chi connectivity index (χ0) is 18.1. The fraction of sp³-hybridized carbons (Fsp3) is 0.474. The molecule has 1 aliphatic heterocycles. The lowest BCUT2D eigenvalue weighted by atomic mass is 10.00. The highest BCUT2D eigenvalue weighted by Gasteiger charge is 2.30. The summed E-state index contributed by atoms with van der Waals surface area (Å²) in [6.45, 7) is 4.06. The fourth-order valence-corrected chi connectivity index (χ4v) is 4.77. The van der Waals surface area contributed by atoms with Crippen LogP contribution in [0.25, 0.3) is 4.96 Å². The molecule has 6 nitrogen and oxygen atoms in total. The number of aromatic nitrogens is 3. The van der Waals surface area contributed by atoms with Crippen LogP contribution in [-0.4, -0.2) is 44.8 Å². The quantitative estimate of drug-likeness (QED) is 0.741. The van der Waals surface area contributed by atoms with E-state index in [4.69, 9.17) is 4.74 Å². The first-order chi connectivity index (χ1) is 12.7. The van der Waals surface area contributed by atoms with E-state index < -0.39 is 0 Å². The van der Waals surface area contributed by atoms with Crippen molar-refractivity contribution in [2.24, 2.45) is 0 Å². The zero-order valence-corrected chi connectivity index (χ0v) is 16.0. The van der Waals surface area contributed by atoms with Gasteiger partial charge in [-0.2, -0.15) is 4.52 Å². The maximum absolute atomic E-state index is 10.9. The molecule has 1 atom stereocenters. The number of piperidine rings is 1. The van der Waals surface area contributed by atoms with Crippen molar-refractivity contribution in [2.75, 3.05) is 20.2 Å². The average Bonchev–Trinajstić information content (AvgIpc) is 3.23. The molecule has 1 aliphatic rings. The molecule has 1 saturated heterocycles. The summed E-state index contributed by atoms with van der Waals surface area (Å²) in [7, 11) is 1.68. The topological polar surface area (TPSA) is 62.9 Å². The van der Waals surface area contributed by atoms with Gasteiger partial charge < -0.3 is 9.84 Å². The molecule has 3 heterocycles. The van der Waals surface area contributed by atoms with Crippen LogP contribution in [0, 0.1) is 0 Å². The van der Waals surface area contributed by atoms with Crippen molar-refractivity contribution in [3.63, 3.8) is 0 Å². The number of thiazole rings is 1. The third kappa shape index (κ3) is 3.05. The first kappa shape index (κ1) is 17.3. The predicted molar refractivity (Wildman–Crippen MR) is 102 cm³/mol. The van der Waals surface area contributed by atoms with Gasteiger partial charge in [-0.25, -0.2) is 4.98 Å². The Balaban J connectivity index is 1.81. The van der Waals surface area contributed by atoms with E-state index >= 15 is 0 Å². The second-order valence-corrected chi connectivity index (χ2v) is 7.65. The molecule has 0 saturated carbocycles. The summed E-state index contributed by atoms with van der Waals surface area (Å²) in [6, 6.07) is 8.12. The second kappa shape index (κ2) is 7.25. The predicted octanol–water partition coefficient (Wildman–Crippen LogP) is 3.64. The summed E-state index contributed by atoms with van der Waals surface area (Å²) in [5.74, 6) is 1.79. The highest BCUT2D eigenvalue weighted by atomic mass is 32.1. The fourth-order valence-electron chi connectivity index (χ4n) is 3.63. The van der Waals surface area contributed by atoms with Crippen LogP contribution in [0.1, 0.15) is 48.5 Å². The SMILES string of the molecule is CCc1nc2sc([C@H](c3cccc(OC)c3)N3CCCCC3)c(O)n2n1. The number of ether oxygens (including phenoxy) is 1. The summed E-state index contributed by atoms with van der Waals surface area (Å²) in [4.78, 5) is 8.63. The maximum Gasteiger partial charge on any atom is 0.230 e. The van der Waals surface area contributed by atoms with Gasteiger partial charge in [-0.1, -0.05) is 36.8 Å². The maximum atomic E-state index is 10.9. The van der Waals surface area contributed by atoms with Gasteiger partial charge in [0.15, 0.2) is 5.82 Å². The van der Waals surface area contributed by atoms with E-state index in [1.807, 2.05) is 19.1 Å². The Morgan fingerprint density at radius 1 is 1.27 bits per heavy atom. The highest BCUT2D eigenvalue weighted by Crippen LogP contribution is 2.41. The Labute approximate surface area is 157 Å². The summed E-state index contributed by atoms with van der Waals surface area (Å²) in [5.41, 5.74) is 1.13. The summed E-state index contributed by atoms with van der Waals surface area (Å²) in [5, 5.41) is 15.3. The van der Waals surface area contributed by atoms with Gasteiger partial charge >= 0.3 is 0 Å². The van der Waals surface area contributed by atoms with Crippen LogP contribution < -0.4 is 4.74 Å². The number of aromatic hydroxyl groups is 1. The van der Waals surface area contributed by atoms with E-state index in [9.17, 15) is 5.11 Å². The van der Waals surface area contributed by atoms with Crippen LogP contribution in [0.15, 0.2) is 24.3 Å². The molecular formula is C19H24N4O2S. The van der Waals surface area contributed by atoms with Crippen molar-refractivity contribution in [3.05, 3.63) is 40.5 Å². The van der Waals surface area contributed by atoms with Gasteiger partial charge in [0.1, 0.15) is 5.75 Å². The molecule has 1 fully saturated rings. The van der Waals surface area contributed by atoms with Crippen molar-refractivity contribution in [2.45, 2.75) is 38.6 Å². The first-order valence-corrected chi connectivity index (χ1v) is 9.98. The minimum Gasteiger partial charge on any atom is -0.497 e. The number of fused-ring (bicyclic) bond motifs is 1. The van der Waals surface area contributed by atoms with E-state index in [-0.39, 0.29) is 11.9 Å². The number of nitrogens with zero attached hydrogens (tertiary/aromatic N) is 4. The van der Waals surface area contributed by atoms with Crippen LogP contribution in [0.5, 0.6) is 11.6 Å². The standard InChI is InChI=1S/C19H24N4O2S/c1-3-15-20-19-23(21-15)18(24)17(26-19)16(22-10-5-4-6-11-22)13-8-7-9-14(12-13)25-2/h7-9,12,16,24H,3-6,10-11H2,1-2H3/t16-/m0/s1. The minimum absolute atomic E-state index is 0.0102. The minimum atomic E-state index is -0.0102. The molecule has 0 bridgehead atoms. The molecule has 4 rings (SSSR count). The molecule has 2 aromatic heterocycles. The zero-order valence-electron chi connectivity index (χ0n) is 15.2. The van der Waals surface area contributed by atoms with Crippen molar-refractivity contribution in [3.8, 4) is 11.6 Å². The Hall–Kier alpha value is -2.12. The van der Waals surface area contributed by atoms with Crippen LogP contribution in [0.2, 0.25) is 0 Å². The molecule has 0 spiro atoms. The number of hydrogen-bond acceptors (Lipinski definition) is 6. The van der Waals surface area contributed by atoms with Gasteiger partial charge in [0.25, 0.3) is 0 Å². The van der Waals surface area contributed by atoms with Gasteiger partial charge in [0, 0.05) is 6.42 Å². The van der Waals surface area contributed by atoms with Gasteiger partial charge in [-0.3, -0.25) is 4.90 Å². The number of aryl methyl sites for hydroxylation is 1. The molecule has 7 heteroatoms. The first-order valence-electron chi connectivity index (χ1n) is 9.16. The lowest BCUT2D eigenvalue weighted by molar-refractivity contribution is 0.186. The second-order valence-electron chi connectivity index (χ2n) is 6.64. The van der Waals surface area contributed by atoms with E-state index in [0.717, 1.165) is 46.5 Å². The number of rotatable bonds is 5. The third-order valence-corrected chi connectivity index (χ3v) is 6.05. The Morgan fingerprint density at radius 3 is 2.77 bits per heavy atom. The van der Waals surface area contributed by atoms with Gasteiger partial charge in [0.2, 0.25) is 10.8 Å². The Bertz CT molecular complexity index is 898. The summed E-state index contributed by atoms with van der Waals surface area (Å²) < 4.78 is 7.00. The molecule has 0 radical (unpaired) electrons. The third-order valence-electron chi connectivity index (χ3n) is 4.97. The van der Waals surface area contributed by atoms with Crippen molar-refractivity contribution in [1.29, 1.82) is 0 Å². The van der Waals surface area contributed by atoms with Gasteiger partial charge in [-0.05, 0) is 43.6 Å². The molecule has 138 valence electrons. The van der Waals surface area contributed by atoms with E-state index in [2.05, 4.69) is 27.1 Å². The average molecular weight is 372 g/mol. The van der Waals surface area contributed by atoms with E-state index in [1.54, 1.807) is 11.6 Å². The normalized spacial score (nSPS) is 16.8. The smallest absolute Gasteiger partial charge is 0.230 e. The van der Waals surface area contributed by atoms with Crippen LogP contribution in [-0.2, 0) is 6.42 Å². The molecule has 0 amide bonds. The molecule has 0 unspecified atom stereocenters. The van der Waals surface area contributed by atoms with E-state index in [1.165, 1.54) is 30.6 Å². The largest absolute Gasteiger partial charge is 0.497 e. The van der Waals surface area contributed by atoms with Gasteiger partial charge in [-0.15, -0.1) is 5.10 Å². The Kier molecular flexibility index (Phi) is 4.82. The van der Waals surface area contributed by atoms with Gasteiger partial charge in [0.05, 0.1) is 18.0 Å². The Morgan fingerprint density at radius 2 is 2.08 bits per heavy atom. The van der Waals surface area contributed by atoms with E-state index in [0.29, 0.717) is 0 Å². The van der Waals surface area contributed by atoms with Crippen molar-refractivity contribution >= 4 is 16.3 Å². The lowest BCUT2D eigenvalue weighted by Gasteiger charge is -2.34. The number of benzene rings is 1. The molecule has 3 aromatic rings. The lowest BCUT2D eigenvalue weighted by Crippen LogP contribution is -2.34. The molecule has 1 N–H and O–H groups in total. The summed E-state index contributed by atoms with van der Waals surface area (Å²) >= 11 is 1.53.